The van der Waals surface area contributed by atoms with Gasteiger partial charge in [-0.05, 0) is 30.5 Å². The molecule has 21 heavy (non-hydrogen) atoms. The molecule has 0 radical (unpaired) electrons. The summed E-state index contributed by atoms with van der Waals surface area (Å²) in [4.78, 5) is 33.8. The van der Waals surface area contributed by atoms with Gasteiger partial charge < -0.3 is 5.11 Å². The second kappa shape index (κ2) is 6.35. The van der Waals surface area contributed by atoms with E-state index in [4.69, 9.17) is 5.11 Å². The fraction of sp³-hybridized carbons (Fsp3) is 0.312. The molecule has 1 aromatic carbocycles. The normalized spacial score (nSPS) is 10.7. The molecular weight excluding hydrogens is 270 g/mol. The molecule has 0 amide bonds. The van der Waals surface area contributed by atoms with Gasteiger partial charge in [-0.25, -0.2) is 0 Å². The van der Waals surface area contributed by atoms with Gasteiger partial charge in [-0.3, -0.25) is 19.0 Å². The minimum absolute atomic E-state index is 0.0362. The summed E-state index contributed by atoms with van der Waals surface area (Å²) in [7, 11) is 0. The Bertz CT molecular complexity index is 700. The number of aliphatic carboxylic acids is 1. The van der Waals surface area contributed by atoms with Crippen LogP contribution in [0.4, 0.5) is 0 Å². The first kappa shape index (κ1) is 15.0. The van der Waals surface area contributed by atoms with Crippen LogP contribution in [0.1, 0.15) is 46.9 Å². The summed E-state index contributed by atoms with van der Waals surface area (Å²) in [6.45, 7) is 2.02. The number of carboxylic acid groups (broad SMARTS) is 1. The van der Waals surface area contributed by atoms with Gasteiger partial charge in [0.05, 0.1) is 5.52 Å². The molecule has 0 saturated carbocycles. The van der Waals surface area contributed by atoms with Crippen LogP contribution in [-0.2, 0) is 11.2 Å². The molecule has 1 N–H and O–H groups in total. The number of carboxylic acids is 1. The maximum absolute atomic E-state index is 12.2. The van der Waals surface area contributed by atoms with Crippen molar-refractivity contribution < 1.29 is 19.5 Å². The molecular formula is C16H17NO4. The van der Waals surface area contributed by atoms with E-state index in [2.05, 4.69) is 0 Å². The standard InChI is InChI=1S/C16H17NO4/c1-2-11-6-7-14-13(8-11)12(10-18)9-17(14)15(19)4-3-5-16(20)21/h6-10H,2-5H2,1H3,(H,20,21). The Morgan fingerprint density at radius 3 is 2.67 bits per heavy atom. The quantitative estimate of drug-likeness (QED) is 0.829. The van der Waals surface area contributed by atoms with Crippen molar-refractivity contribution in [3.05, 3.63) is 35.5 Å². The van der Waals surface area contributed by atoms with Crippen LogP contribution in [0.25, 0.3) is 10.9 Å². The van der Waals surface area contributed by atoms with Crippen LogP contribution in [0.3, 0.4) is 0 Å². The predicted molar refractivity (Wildman–Crippen MR) is 78.8 cm³/mol. The largest absolute Gasteiger partial charge is 0.481 e. The summed E-state index contributed by atoms with van der Waals surface area (Å²) in [6.07, 6.45) is 3.52. The van der Waals surface area contributed by atoms with E-state index in [1.807, 2.05) is 25.1 Å². The van der Waals surface area contributed by atoms with Crippen molar-refractivity contribution in [2.75, 3.05) is 0 Å². The highest BCUT2D eigenvalue weighted by Crippen LogP contribution is 2.23. The molecule has 2 rings (SSSR count). The number of rotatable bonds is 6. The first-order chi connectivity index (χ1) is 10.1. The number of aryl methyl sites for hydroxylation is 1. The fourth-order valence-corrected chi connectivity index (χ4v) is 2.33. The molecule has 0 aliphatic rings. The van der Waals surface area contributed by atoms with Crippen molar-refractivity contribution in [2.24, 2.45) is 0 Å². The van der Waals surface area contributed by atoms with Crippen molar-refractivity contribution in [3.8, 4) is 0 Å². The number of benzene rings is 1. The Labute approximate surface area is 122 Å². The Balaban J connectivity index is 2.33. The van der Waals surface area contributed by atoms with Gasteiger partial charge in [0, 0.05) is 30.0 Å². The summed E-state index contributed by atoms with van der Waals surface area (Å²) in [5.74, 6) is -1.11. The summed E-state index contributed by atoms with van der Waals surface area (Å²) >= 11 is 0. The van der Waals surface area contributed by atoms with E-state index >= 15 is 0 Å². The second-order valence-corrected chi connectivity index (χ2v) is 4.92. The average molecular weight is 287 g/mol. The molecule has 0 aliphatic carbocycles. The maximum Gasteiger partial charge on any atom is 0.303 e. The average Bonchev–Trinajstić information content (AvgIpc) is 2.84. The molecule has 1 heterocycles. The third-order valence-corrected chi connectivity index (χ3v) is 3.48. The predicted octanol–water partition coefficient (Wildman–Crippen LogP) is 2.91. The summed E-state index contributed by atoms with van der Waals surface area (Å²) < 4.78 is 1.44. The minimum Gasteiger partial charge on any atom is -0.481 e. The lowest BCUT2D eigenvalue weighted by Gasteiger charge is -2.04. The first-order valence-electron chi connectivity index (χ1n) is 6.91. The van der Waals surface area contributed by atoms with Crippen molar-refractivity contribution in [1.29, 1.82) is 0 Å². The smallest absolute Gasteiger partial charge is 0.303 e. The lowest BCUT2D eigenvalue weighted by Crippen LogP contribution is -2.09. The van der Waals surface area contributed by atoms with Crippen molar-refractivity contribution >= 4 is 29.1 Å². The van der Waals surface area contributed by atoms with Crippen LogP contribution < -0.4 is 0 Å². The molecule has 0 aliphatic heterocycles. The van der Waals surface area contributed by atoms with E-state index in [1.165, 1.54) is 10.8 Å². The van der Waals surface area contributed by atoms with Crippen LogP contribution in [0.5, 0.6) is 0 Å². The molecule has 2 aromatic rings. The van der Waals surface area contributed by atoms with Crippen molar-refractivity contribution in [2.45, 2.75) is 32.6 Å². The van der Waals surface area contributed by atoms with Gasteiger partial charge in [0.1, 0.15) is 0 Å². The molecule has 1 aromatic heterocycles. The number of carbonyl (C=O) groups excluding carboxylic acids is 2. The summed E-state index contributed by atoms with van der Waals surface area (Å²) in [6, 6.07) is 5.67. The molecule has 110 valence electrons. The zero-order chi connectivity index (χ0) is 15.4. The van der Waals surface area contributed by atoms with E-state index in [0.29, 0.717) is 11.1 Å². The number of aldehydes is 1. The molecule has 0 fully saturated rings. The number of carbonyl (C=O) groups is 3. The maximum atomic E-state index is 12.2. The molecule has 0 bridgehead atoms. The third kappa shape index (κ3) is 3.18. The van der Waals surface area contributed by atoms with E-state index < -0.39 is 5.97 Å². The molecule has 0 unspecified atom stereocenters. The highest BCUT2D eigenvalue weighted by molar-refractivity contribution is 6.02. The number of hydrogen-bond acceptors (Lipinski definition) is 3. The number of aromatic nitrogens is 1. The topological polar surface area (TPSA) is 76.4 Å². The van der Waals surface area contributed by atoms with Crippen LogP contribution >= 0.6 is 0 Å². The third-order valence-electron chi connectivity index (χ3n) is 3.48. The molecule has 0 atom stereocenters. The highest BCUT2D eigenvalue weighted by Gasteiger charge is 2.14. The molecule has 5 nitrogen and oxygen atoms in total. The monoisotopic (exact) mass is 287 g/mol. The zero-order valence-electron chi connectivity index (χ0n) is 11.8. The summed E-state index contributed by atoms with van der Waals surface area (Å²) in [5, 5.41) is 9.36. The Hall–Kier alpha value is -2.43. The Morgan fingerprint density at radius 2 is 2.05 bits per heavy atom. The Kier molecular flexibility index (Phi) is 4.52. The van der Waals surface area contributed by atoms with Crippen molar-refractivity contribution in [3.63, 3.8) is 0 Å². The second-order valence-electron chi connectivity index (χ2n) is 4.92. The lowest BCUT2D eigenvalue weighted by molar-refractivity contribution is -0.137. The minimum atomic E-state index is -0.915. The van der Waals surface area contributed by atoms with Crippen LogP contribution in [0.2, 0.25) is 0 Å². The number of fused-ring (bicyclic) bond motifs is 1. The number of nitrogens with zero attached hydrogens (tertiary/aromatic N) is 1. The van der Waals surface area contributed by atoms with E-state index in [1.54, 1.807) is 0 Å². The van der Waals surface area contributed by atoms with Crippen molar-refractivity contribution in [1.82, 2.24) is 4.57 Å². The highest BCUT2D eigenvalue weighted by atomic mass is 16.4. The van der Waals surface area contributed by atoms with Gasteiger partial charge >= 0.3 is 5.97 Å². The van der Waals surface area contributed by atoms with Gasteiger partial charge in [0.25, 0.3) is 0 Å². The molecule has 0 spiro atoms. The first-order valence-corrected chi connectivity index (χ1v) is 6.91. The van der Waals surface area contributed by atoms with Crippen LogP contribution in [0, 0.1) is 0 Å². The summed E-state index contributed by atoms with van der Waals surface area (Å²) in [5.41, 5.74) is 2.27. The fourth-order valence-electron chi connectivity index (χ4n) is 2.33. The SMILES string of the molecule is CCc1ccc2c(c1)c(C=O)cn2C(=O)CCCC(=O)O. The molecule has 0 saturated heterocycles. The van der Waals surface area contributed by atoms with Gasteiger partial charge in [0.2, 0.25) is 5.91 Å². The van der Waals surface area contributed by atoms with Gasteiger partial charge in [-0.2, -0.15) is 0 Å². The van der Waals surface area contributed by atoms with E-state index in [9.17, 15) is 14.4 Å². The van der Waals surface area contributed by atoms with Crippen LogP contribution in [0.15, 0.2) is 24.4 Å². The van der Waals surface area contributed by atoms with Gasteiger partial charge in [-0.1, -0.05) is 13.0 Å². The van der Waals surface area contributed by atoms with Crippen LogP contribution in [-0.4, -0.2) is 27.8 Å². The zero-order valence-corrected chi connectivity index (χ0v) is 11.8. The Morgan fingerprint density at radius 1 is 1.29 bits per heavy atom. The van der Waals surface area contributed by atoms with E-state index in [0.717, 1.165) is 23.7 Å². The number of hydrogen-bond donors (Lipinski definition) is 1. The lowest BCUT2D eigenvalue weighted by atomic mass is 10.1. The van der Waals surface area contributed by atoms with E-state index in [-0.39, 0.29) is 25.2 Å². The molecule has 5 heteroatoms. The van der Waals surface area contributed by atoms with Gasteiger partial charge in [0.15, 0.2) is 6.29 Å². The van der Waals surface area contributed by atoms with Gasteiger partial charge in [-0.15, -0.1) is 0 Å².